The van der Waals surface area contributed by atoms with Gasteiger partial charge in [-0.25, -0.2) is 0 Å². The second-order valence-corrected chi connectivity index (χ2v) is 3.14. The normalized spacial score (nSPS) is 15.3. The van der Waals surface area contributed by atoms with Gasteiger partial charge in [0.05, 0.1) is 6.07 Å². The van der Waals surface area contributed by atoms with Crippen LogP contribution in [-0.2, 0) is 0 Å². The lowest BCUT2D eigenvalue weighted by atomic mass is 10.1. The Balaban J connectivity index is 4.44. The molecule has 0 amide bonds. The van der Waals surface area contributed by atoms with E-state index in [1.165, 1.54) is 0 Å². The van der Waals surface area contributed by atoms with E-state index in [0.717, 1.165) is 11.3 Å². The van der Waals surface area contributed by atoms with Gasteiger partial charge in [-0.05, 0) is 19.8 Å². The van der Waals surface area contributed by atoms with Gasteiger partial charge in [0.1, 0.15) is 0 Å². The van der Waals surface area contributed by atoms with E-state index in [1.54, 1.807) is 19.2 Å². The first-order chi connectivity index (χ1) is 6.60. The number of nitriles is 1. The number of nitrogens with zero attached hydrogens (tertiary/aromatic N) is 2. The third-order valence-corrected chi connectivity index (χ3v) is 1.58. The highest BCUT2D eigenvalue weighted by molar-refractivity contribution is 5.71. The predicted octanol–water partition coefficient (Wildman–Crippen LogP) is 3.25. The lowest BCUT2D eigenvalue weighted by Crippen LogP contribution is -1.86. The minimum absolute atomic E-state index is 0.233. The standard InChI is InChI=1S/C12H16N2/c1-5-6-14-12(4)8-10(2)7-11(3)9-13/h5-8,10H,1H2,2-4H3/b11-7-,12-8-,14-6?. The van der Waals surface area contributed by atoms with Crippen LogP contribution in [0.2, 0.25) is 0 Å². The zero-order valence-corrected chi connectivity index (χ0v) is 8.99. The third-order valence-electron chi connectivity index (χ3n) is 1.58. The minimum Gasteiger partial charge on any atom is -0.262 e. The van der Waals surface area contributed by atoms with Gasteiger partial charge in [0.15, 0.2) is 0 Å². The summed E-state index contributed by atoms with van der Waals surface area (Å²) in [7, 11) is 0. The summed E-state index contributed by atoms with van der Waals surface area (Å²) in [5.74, 6) is 0.233. The first-order valence-electron chi connectivity index (χ1n) is 4.52. The third kappa shape index (κ3) is 5.96. The summed E-state index contributed by atoms with van der Waals surface area (Å²) in [5.41, 5.74) is 1.66. The van der Waals surface area contributed by atoms with Crippen molar-refractivity contribution in [3.05, 3.63) is 36.1 Å². The van der Waals surface area contributed by atoms with Crippen molar-refractivity contribution in [2.45, 2.75) is 20.8 Å². The molecule has 0 aliphatic carbocycles. The maximum absolute atomic E-state index is 8.58. The first-order valence-corrected chi connectivity index (χ1v) is 4.52. The van der Waals surface area contributed by atoms with E-state index in [2.05, 4.69) is 17.6 Å². The fourth-order valence-corrected chi connectivity index (χ4v) is 1.07. The van der Waals surface area contributed by atoms with Crippen LogP contribution in [-0.4, -0.2) is 6.21 Å². The number of rotatable bonds is 4. The Morgan fingerprint density at radius 1 is 1.43 bits per heavy atom. The van der Waals surface area contributed by atoms with Crippen LogP contribution in [0.4, 0.5) is 0 Å². The zero-order valence-electron chi connectivity index (χ0n) is 8.99. The lowest BCUT2D eigenvalue weighted by molar-refractivity contribution is 0.913. The highest BCUT2D eigenvalue weighted by Crippen LogP contribution is 2.07. The Hall–Kier alpha value is -1.62. The molecule has 0 rings (SSSR count). The molecule has 0 radical (unpaired) electrons. The molecule has 0 fully saturated rings. The molecule has 2 heteroatoms. The van der Waals surface area contributed by atoms with Crippen molar-refractivity contribution in [3.8, 4) is 6.07 Å². The van der Waals surface area contributed by atoms with Gasteiger partial charge in [0.25, 0.3) is 0 Å². The van der Waals surface area contributed by atoms with Gasteiger partial charge in [-0.1, -0.05) is 31.7 Å². The quantitative estimate of drug-likeness (QED) is 0.492. The first kappa shape index (κ1) is 12.4. The van der Waals surface area contributed by atoms with Crippen molar-refractivity contribution in [2.75, 3.05) is 0 Å². The molecule has 0 heterocycles. The molecule has 1 atom stereocenters. The highest BCUT2D eigenvalue weighted by Gasteiger charge is 1.94. The molecule has 0 bridgehead atoms. The van der Waals surface area contributed by atoms with E-state index < -0.39 is 0 Å². The molecule has 1 unspecified atom stereocenters. The van der Waals surface area contributed by atoms with Crippen LogP contribution in [0.5, 0.6) is 0 Å². The van der Waals surface area contributed by atoms with Gasteiger partial charge in [-0.15, -0.1) is 0 Å². The molecule has 14 heavy (non-hydrogen) atoms. The topological polar surface area (TPSA) is 36.1 Å². The fourth-order valence-electron chi connectivity index (χ4n) is 1.07. The van der Waals surface area contributed by atoms with Gasteiger partial charge in [0.2, 0.25) is 0 Å². The maximum atomic E-state index is 8.58. The Bertz CT molecular complexity index is 314. The average Bonchev–Trinajstić information content (AvgIpc) is 2.14. The summed E-state index contributed by atoms with van der Waals surface area (Å²) >= 11 is 0. The summed E-state index contributed by atoms with van der Waals surface area (Å²) < 4.78 is 0. The van der Waals surface area contributed by atoms with Crippen molar-refractivity contribution >= 4 is 6.21 Å². The summed E-state index contributed by atoms with van der Waals surface area (Å²) in [5, 5.41) is 8.58. The van der Waals surface area contributed by atoms with Crippen LogP contribution in [0.1, 0.15) is 20.8 Å². The molecular weight excluding hydrogens is 172 g/mol. The van der Waals surface area contributed by atoms with Gasteiger partial charge < -0.3 is 0 Å². The smallest absolute Gasteiger partial charge is 0.0940 e. The molecule has 0 aromatic carbocycles. The second-order valence-electron chi connectivity index (χ2n) is 3.14. The van der Waals surface area contributed by atoms with Gasteiger partial charge in [-0.3, -0.25) is 4.99 Å². The fraction of sp³-hybridized carbons (Fsp3) is 0.333. The largest absolute Gasteiger partial charge is 0.262 e. The van der Waals surface area contributed by atoms with Crippen LogP contribution in [0, 0.1) is 17.2 Å². The molecule has 0 aliphatic rings. The molecule has 0 aromatic heterocycles. The minimum atomic E-state index is 0.233. The average molecular weight is 188 g/mol. The highest BCUT2D eigenvalue weighted by atomic mass is 14.7. The second kappa shape index (κ2) is 6.85. The van der Waals surface area contributed by atoms with Crippen LogP contribution >= 0.6 is 0 Å². The molecule has 0 aromatic rings. The van der Waals surface area contributed by atoms with E-state index in [0.29, 0.717) is 0 Å². The van der Waals surface area contributed by atoms with Gasteiger partial charge in [-0.2, -0.15) is 5.26 Å². The van der Waals surface area contributed by atoms with Crippen molar-refractivity contribution in [1.29, 1.82) is 5.26 Å². The molecule has 2 nitrogen and oxygen atoms in total. The molecule has 74 valence electrons. The molecule has 0 saturated carbocycles. The number of aliphatic imine (C=N–C) groups is 1. The van der Waals surface area contributed by atoms with E-state index in [1.807, 2.05) is 26.0 Å². The van der Waals surface area contributed by atoms with Crippen LogP contribution in [0.3, 0.4) is 0 Å². The van der Waals surface area contributed by atoms with Crippen LogP contribution < -0.4 is 0 Å². The van der Waals surface area contributed by atoms with Crippen LogP contribution in [0.25, 0.3) is 0 Å². The number of allylic oxidation sites excluding steroid dienone is 5. The van der Waals surface area contributed by atoms with Crippen molar-refractivity contribution < 1.29 is 0 Å². The predicted molar refractivity (Wildman–Crippen MR) is 61.0 cm³/mol. The molecule has 0 N–H and O–H groups in total. The Kier molecular flexibility index (Phi) is 6.06. The van der Waals surface area contributed by atoms with Gasteiger partial charge in [0, 0.05) is 17.5 Å². The van der Waals surface area contributed by atoms with Crippen molar-refractivity contribution in [1.82, 2.24) is 0 Å². The summed E-state index contributed by atoms with van der Waals surface area (Å²) in [6.45, 7) is 9.28. The van der Waals surface area contributed by atoms with Crippen molar-refractivity contribution in [3.63, 3.8) is 0 Å². The number of hydrogen-bond acceptors (Lipinski definition) is 2. The summed E-state index contributed by atoms with van der Waals surface area (Å²) in [6.07, 6.45) is 7.20. The van der Waals surface area contributed by atoms with E-state index in [4.69, 9.17) is 5.26 Å². The van der Waals surface area contributed by atoms with Crippen LogP contribution in [0.15, 0.2) is 41.1 Å². The van der Waals surface area contributed by atoms with Crippen molar-refractivity contribution in [2.24, 2.45) is 10.9 Å². The molecule has 0 saturated heterocycles. The summed E-state index contributed by atoms with van der Waals surface area (Å²) in [4.78, 5) is 4.12. The lowest BCUT2D eigenvalue weighted by Gasteiger charge is -1.99. The Morgan fingerprint density at radius 2 is 2.07 bits per heavy atom. The molecule has 0 spiro atoms. The number of hydrogen-bond donors (Lipinski definition) is 0. The Labute approximate surface area is 86.0 Å². The van der Waals surface area contributed by atoms with E-state index in [9.17, 15) is 0 Å². The molecular formula is C12H16N2. The maximum Gasteiger partial charge on any atom is 0.0940 e. The van der Waals surface area contributed by atoms with E-state index >= 15 is 0 Å². The SMILES string of the molecule is C=CC=N/C(C)=C\C(C)/C=C(/C)C#N. The van der Waals surface area contributed by atoms with E-state index in [-0.39, 0.29) is 5.92 Å². The summed E-state index contributed by atoms with van der Waals surface area (Å²) in [6, 6.07) is 2.09. The van der Waals surface area contributed by atoms with Gasteiger partial charge >= 0.3 is 0 Å². The monoisotopic (exact) mass is 188 g/mol. The molecule has 0 aliphatic heterocycles. The Morgan fingerprint density at radius 3 is 2.57 bits per heavy atom. The zero-order chi connectivity index (χ0) is 11.0.